The van der Waals surface area contributed by atoms with Crippen molar-refractivity contribution in [2.75, 3.05) is 20.6 Å². The highest BCUT2D eigenvalue weighted by Crippen LogP contribution is 2.36. The van der Waals surface area contributed by atoms with Crippen LogP contribution in [-0.2, 0) is 4.79 Å². The van der Waals surface area contributed by atoms with E-state index < -0.39 is 23.3 Å². The first-order chi connectivity index (χ1) is 11.8. The van der Waals surface area contributed by atoms with Crippen molar-refractivity contribution < 1.29 is 9.72 Å². The van der Waals surface area contributed by atoms with E-state index >= 15 is 0 Å². The first-order valence-electron chi connectivity index (χ1n) is 7.67. The van der Waals surface area contributed by atoms with E-state index in [1.165, 1.54) is 17.3 Å². The lowest BCUT2D eigenvalue weighted by atomic mass is 9.82. The Morgan fingerprint density at radius 1 is 1.24 bits per heavy atom. The van der Waals surface area contributed by atoms with Gasteiger partial charge in [0.2, 0.25) is 12.5 Å². The van der Waals surface area contributed by atoms with Crippen LogP contribution >= 0.6 is 11.6 Å². The van der Waals surface area contributed by atoms with Crippen LogP contribution in [0.25, 0.3) is 0 Å². The van der Waals surface area contributed by atoms with Gasteiger partial charge in [-0.15, -0.1) is 0 Å². The molecule has 1 amide bonds. The molecule has 1 heterocycles. The molecule has 0 aliphatic carbocycles. The number of rotatable bonds is 6. The molecule has 2 aromatic rings. The van der Waals surface area contributed by atoms with E-state index in [9.17, 15) is 14.9 Å². The minimum absolute atomic E-state index is 0.0724. The number of nitro groups is 1. The van der Waals surface area contributed by atoms with Crippen LogP contribution in [0, 0.1) is 17.0 Å². The van der Waals surface area contributed by atoms with E-state index in [1.807, 2.05) is 19.1 Å². The van der Waals surface area contributed by atoms with Gasteiger partial charge in [0.25, 0.3) is 0 Å². The molecule has 2 atom stereocenters. The van der Waals surface area contributed by atoms with Gasteiger partial charge >= 0.3 is 0 Å². The highest BCUT2D eigenvalue weighted by Gasteiger charge is 2.38. The SMILES string of the molecule is Cc1ccc([C@H](C[N+](=O)[O-])[C@@H](C(=O)N(C)C)c2nccnc2Cl)cc1. The van der Waals surface area contributed by atoms with Gasteiger partial charge in [0, 0.05) is 31.4 Å². The number of halogens is 1. The van der Waals surface area contributed by atoms with Crippen LogP contribution in [-0.4, -0.2) is 46.3 Å². The monoisotopic (exact) mass is 362 g/mol. The van der Waals surface area contributed by atoms with Gasteiger partial charge in [-0.2, -0.15) is 0 Å². The normalized spacial score (nSPS) is 13.1. The molecule has 1 aromatic heterocycles. The molecular formula is C17H19ClN4O3. The Morgan fingerprint density at radius 2 is 1.84 bits per heavy atom. The Labute approximate surface area is 150 Å². The fraction of sp³-hybridized carbons (Fsp3) is 0.353. The van der Waals surface area contributed by atoms with E-state index in [-0.39, 0.29) is 16.8 Å². The molecule has 2 rings (SSSR count). The quantitative estimate of drug-likeness (QED) is 0.582. The third-order valence-electron chi connectivity index (χ3n) is 3.93. The van der Waals surface area contributed by atoms with Gasteiger partial charge in [-0.05, 0) is 12.5 Å². The Morgan fingerprint density at radius 3 is 2.36 bits per heavy atom. The molecule has 25 heavy (non-hydrogen) atoms. The molecular weight excluding hydrogens is 344 g/mol. The zero-order valence-corrected chi connectivity index (χ0v) is 15.0. The maximum Gasteiger partial charge on any atom is 0.232 e. The predicted octanol–water partition coefficient (Wildman–Crippen LogP) is 2.67. The smallest absolute Gasteiger partial charge is 0.232 e. The lowest BCUT2D eigenvalue weighted by Crippen LogP contribution is -2.35. The number of aromatic nitrogens is 2. The van der Waals surface area contributed by atoms with Gasteiger partial charge in [-0.1, -0.05) is 41.4 Å². The molecule has 132 valence electrons. The van der Waals surface area contributed by atoms with Crippen molar-refractivity contribution in [3.05, 3.63) is 68.7 Å². The first-order valence-corrected chi connectivity index (χ1v) is 8.05. The number of carbonyl (C=O) groups is 1. The Balaban J connectivity index is 2.60. The lowest BCUT2D eigenvalue weighted by molar-refractivity contribution is -0.483. The molecule has 8 heteroatoms. The average molecular weight is 363 g/mol. The van der Waals surface area contributed by atoms with E-state index in [1.54, 1.807) is 26.2 Å². The molecule has 0 unspecified atom stereocenters. The Bertz CT molecular complexity index is 765. The largest absolute Gasteiger partial charge is 0.348 e. The summed E-state index contributed by atoms with van der Waals surface area (Å²) in [6.45, 7) is 1.51. The molecule has 0 fully saturated rings. The summed E-state index contributed by atoms with van der Waals surface area (Å²) in [5.74, 6) is -1.92. The van der Waals surface area contributed by atoms with E-state index in [2.05, 4.69) is 9.97 Å². The molecule has 0 saturated heterocycles. The zero-order chi connectivity index (χ0) is 18.6. The topological polar surface area (TPSA) is 89.2 Å². The van der Waals surface area contributed by atoms with Crippen molar-refractivity contribution in [1.29, 1.82) is 0 Å². The van der Waals surface area contributed by atoms with Gasteiger partial charge in [0.05, 0.1) is 17.5 Å². The first kappa shape index (κ1) is 18.8. The van der Waals surface area contributed by atoms with Gasteiger partial charge in [0.1, 0.15) is 0 Å². The molecule has 0 spiro atoms. The molecule has 7 nitrogen and oxygen atoms in total. The van der Waals surface area contributed by atoms with Crippen molar-refractivity contribution >= 4 is 17.5 Å². The fourth-order valence-electron chi connectivity index (χ4n) is 2.68. The molecule has 1 aromatic carbocycles. The molecule has 0 bridgehead atoms. The number of hydrogen-bond donors (Lipinski definition) is 0. The van der Waals surface area contributed by atoms with Crippen molar-refractivity contribution in [3.8, 4) is 0 Å². The lowest BCUT2D eigenvalue weighted by Gasteiger charge is -2.26. The van der Waals surface area contributed by atoms with Gasteiger partial charge in [-0.25, -0.2) is 4.98 Å². The number of likely N-dealkylation sites (N-methyl/N-ethyl adjacent to an activating group) is 1. The van der Waals surface area contributed by atoms with Gasteiger partial charge < -0.3 is 4.90 Å². The highest BCUT2D eigenvalue weighted by molar-refractivity contribution is 6.30. The Hall–Kier alpha value is -2.54. The number of carbonyl (C=O) groups excluding carboxylic acids is 1. The summed E-state index contributed by atoms with van der Waals surface area (Å²) in [5, 5.41) is 11.3. The van der Waals surface area contributed by atoms with Crippen molar-refractivity contribution in [1.82, 2.24) is 14.9 Å². The summed E-state index contributed by atoms with van der Waals surface area (Å²) in [6.07, 6.45) is 2.84. The average Bonchev–Trinajstić information content (AvgIpc) is 2.56. The van der Waals surface area contributed by atoms with Crippen LogP contribution < -0.4 is 0 Å². The van der Waals surface area contributed by atoms with Crippen molar-refractivity contribution in [2.24, 2.45) is 0 Å². The molecule has 0 radical (unpaired) electrons. The van der Waals surface area contributed by atoms with Crippen LogP contribution in [0.5, 0.6) is 0 Å². The maximum atomic E-state index is 12.8. The summed E-state index contributed by atoms with van der Waals surface area (Å²) in [4.78, 5) is 33.2. The number of hydrogen-bond acceptors (Lipinski definition) is 5. The standard InChI is InChI=1S/C17H19ClN4O3/c1-11-4-6-12(7-5-11)13(10-22(24)25)14(17(23)21(2)3)15-16(18)20-9-8-19-15/h4-9,13-14H,10H2,1-3H3/t13-,14+/m0/s1. The number of aryl methyl sites for hydroxylation is 1. The van der Waals surface area contributed by atoms with Crippen LogP contribution in [0.15, 0.2) is 36.7 Å². The second kappa shape index (κ2) is 8.02. The van der Waals surface area contributed by atoms with Gasteiger partial charge in [-0.3, -0.25) is 19.9 Å². The van der Waals surface area contributed by atoms with E-state index in [0.717, 1.165) is 5.56 Å². The summed E-state index contributed by atoms with van der Waals surface area (Å²) in [6, 6.07) is 7.31. The molecule has 0 N–H and O–H groups in total. The van der Waals surface area contributed by atoms with E-state index in [0.29, 0.717) is 5.56 Å². The number of amides is 1. The van der Waals surface area contributed by atoms with Gasteiger partial charge in [0.15, 0.2) is 5.15 Å². The minimum atomic E-state index is -0.899. The third kappa shape index (κ3) is 4.51. The van der Waals surface area contributed by atoms with E-state index in [4.69, 9.17) is 11.6 Å². The second-order valence-corrected chi connectivity index (χ2v) is 6.33. The summed E-state index contributed by atoms with van der Waals surface area (Å²) in [5.41, 5.74) is 1.95. The van der Waals surface area contributed by atoms with Crippen molar-refractivity contribution in [2.45, 2.75) is 18.8 Å². The highest BCUT2D eigenvalue weighted by atomic mass is 35.5. The number of benzene rings is 1. The predicted molar refractivity (Wildman–Crippen MR) is 94.3 cm³/mol. The second-order valence-electron chi connectivity index (χ2n) is 5.98. The minimum Gasteiger partial charge on any atom is -0.348 e. The fourth-order valence-corrected chi connectivity index (χ4v) is 2.90. The zero-order valence-electron chi connectivity index (χ0n) is 14.2. The van der Waals surface area contributed by atoms with Crippen LogP contribution in [0.2, 0.25) is 5.15 Å². The van der Waals surface area contributed by atoms with Crippen LogP contribution in [0.3, 0.4) is 0 Å². The molecule has 0 saturated carbocycles. The third-order valence-corrected chi connectivity index (χ3v) is 4.23. The molecule has 0 aliphatic heterocycles. The number of nitrogens with zero attached hydrogens (tertiary/aromatic N) is 4. The van der Waals surface area contributed by atoms with Crippen LogP contribution in [0.1, 0.15) is 28.7 Å². The summed E-state index contributed by atoms with van der Waals surface area (Å²) < 4.78 is 0. The molecule has 0 aliphatic rings. The maximum absolute atomic E-state index is 12.8. The van der Waals surface area contributed by atoms with Crippen LogP contribution in [0.4, 0.5) is 0 Å². The summed E-state index contributed by atoms with van der Waals surface area (Å²) in [7, 11) is 3.19. The Kier molecular flexibility index (Phi) is 6.03. The van der Waals surface area contributed by atoms with Crippen molar-refractivity contribution in [3.63, 3.8) is 0 Å². The summed E-state index contributed by atoms with van der Waals surface area (Å²) >= 11 is 6.15.